The molecule has 0 aliphatic heterocycles. The van der Waals surface area contributed by atoms with Gasteiger partial charge in [-0.3, -0.25) is 8.86 Å². The van der Waals surface area contributed by atoms with Gasteiger partial charge in [0.15, 0.2) is 0 Å². The number of hydrogen-bond donors (Lipinski definition) is 0. The van der Waals surface area contributed by atoms with E-state index in [0.717, 1.165) is 16.5 Å². The highest BCUT2D eigenvalue weighted by atomic mass is 32.2. The van der Waals surface area contributed by atoms with Crippen molar-refractivity contribution in [1.29, 1.82) is 0 Å². The second-order valence-electron chi connectivity index (χ2n) is 5.02. The molecule has 3 aromatic rings. The first-order valence-electron chi connectivity index (χ1n) is 6.93. The predicted molar refractivity (Wildman–Crippen MR) is 84.0 cm³/mol. The molecule has 0 spiro atoms. The van der Waals surface area contributed by atoms with Gasteiger partial charge in [0, 0.05) is 5.39 Å². The SMILES string of the molecule is Cc1ccc(S(=O)(=O)OCCn2ncc3ccccc32)cc1. The molecular weight excluding hydrogens is 300 g/mol. The van der Waals surface area contributed by atoms with E-state index in [0.29, 0.717) is 6.54 Å². The molecule has 0 atom stereocenters. The fraction of sp³-hybridized carbons (Fsp3) is 0.188. The van der Waals surface area contributed by atoms with Gasteiger partial charge in [-0.1, -0.05) is 35.9 Å². The zero-order chi connectivity index (χ0) is 15.6. The smallest absolute Gasteiger partial charge is 0.264 e. The van der Waals surface area contributed by atoms with Gasteiger partial charge in [0.2, 0.25) is 0 Å². The van der Waals surface area contributed by atoms with Gasteiger partial charge in [0.05, 0.1) is 29.8 Å². The van der Waals surface area contributed by atoms with E-state index in [1.807, 2.05) is 31.2 Å². The third kappa shape index (κ3) is 3.03. The molecule has 1 heterocycles. The molecule has 0 saturated carbocycles. The van der Waals surface area contributed by atoms with Crippen LogP contribution in [0.2, 0.25) is 0 Å². The summed E-state index contributed by atoms with van der Waals surface area (Å²) < 4.78 is 31.0. The van der Waals surface area contributed by atoms with Crippen molar-refractivity contribution in [2.45, 2.75) is 18.4 Å². The van der Waals surface area contributed by atoms with Crippen molar-refractivity contribution >= 4 is 21.0 Å². The summed E-state index contributed by atoms with van der Waals surface area (Å²) in [5, 5.41) is 5.26. The fourth-order valence-electron chi connectivity index (χ4n) is 2.21. The van der Waals surface area contributed by atoms with Crippen LogP contribution in [0, 0.1) is 6.92 Å². The normalized spacial score (nSPS) is 11.9. The Bertz CT molecular complexity index is 883. The van der Waals surface area contributed by atoms with Crippen molar-refractivity contribution in [2.24, 2.45) is 0 Å². The molecule has 0 aliphatic carbocycles. The van der Waals surface area contributed by atoms with Gasteiger partial charge >= 0.3 is 0 Å². The van der Waals surface area contributed by atoms with E-state index < -0.39 is 10.1 Å². The summed E-state index contributed by atoms with van der Waals surface area (Å²) in [6.45, 7) is 2.32. The van der Waals surface area contributed by atoms with E-state index in [9.17, 15) is 8.42 Å². The zero-order valence-electron chi connectivity index (χ0n) is 12.1. The topological polar surface area (TPSA) is 61.2 Å². The second kappa shape index (κ2) is 5.90. The quantitative estimate of drug-likeness (QED) is 0.679. The average Bonchev–Trinajstić information content (AvgIpc) is 2.91. The van der Waals surface area contributed by atoms with Gasteiger partial charge < -0.3 is 0 Å². The van der Waals surface area contributed by atoms with Crippen molar-refractivity contribution in [3.05, 3.63) is 60.3 Å². The Morgan fingerprint density at radius 3 is 2.59 bits per heavy atom. The maximum atomic E-state index is 12.1. The van der Waals surface area contributed by atoms with E-state index >= 15 is 0 Å². The molecule has 22 heavy (non-hydrogen) atoms. The highest BCUT2D eigenvalue weighted by molar-refractivity contribution is 7.86. The number of para-hydroxylation sites is 1. The lowest BCUT2D eigenvalue weighted by molar-refractivity contribution is 0.296. The molecule has 2 aromatic carbocycles. The van der Waals surface area contributed by atoms with Gasteiger partial charge in [0.25, 0.3) is 10.1 Å². The third-order valence-electron chi connectivity index (χ3n) is 3.40. The lowest BCUT2D eigenvalue weighted by Crippen LogP contribution is -2.12. The van der Waals surface area contributed by atoms with Crippen LogP contribution in [0.5, 0.6) is 0 Å². The highest BCUT2D eigenvalue weighted by Crippen LogP contribution is 2.15. The Morgan fingerprint density at radius 1 is 1.09 bits per heavy atom. The van der Waals surface area contributed by atoms with Crippen LogP contribution in [0.1, 0.15) is 5.56 Å². The van der Waals surface area contributed by atoms with Gasteiger partial charge in [-0.2, -0.15) is 13.5 Å². The molecule has 5 nitrogen and oxygen atoms in total. The fourth-order valence-corrected chi connectivity index (χ4v) is 3.11. The molecule has 114 valence electrons. The number of nitrogens with zero attached hydrogens (tertiary/aromatic N) is 2. The molecule has 0 unspecified atom stereocenters. The maximum Gasteiger partial charge on any atom is 0.297 e. The van der Waals surface area contributed by atoms with Gasteiger partial charge in [-0.15, -0.1) is 0 Å². The Labute approximate surface area is 129 Å². The maximum absolute atomic E-state index is 12.1. The number of aryl methyl sites for hydroxylation is 1. The third-order valence-corrected chi connectivity index (χ3v) is 4.73. The van der Waals surface area contributed by atoms with Crippen LogP contribution < -0.4 is 0 Å². The largest absolute Gasteiger partial charge is 0.297 e. The number of aromatic nitrogens is 2. The average molecular weight is 316 g/mol. The number of benzene rings is 2. The van der Waals surface area contributed by atoms with Gasteiger partial charge in [0.1, 0.15) is 0 Å². The van der Waals surface area contributed by atoms with E-state index in [2.05, 4.69) is 5.10 Å². The standard InChI is InChI=1S/C16H16N2O3S/c1-13-6-8-15(9-7-13)22(19,20)21-11-10-18-16-5-3-2-4-14(16)12-17-18/h2-9,12H,10-11H2,1H3. The molecule has 0 aliphatic rings. The minimum absolute atomic E-state index is 0.0435. The van der Waals surface area contributed by atoms with Crippen LogP contribution in [0.3, 0.4) is 0 Å². The van der Waals surface area contributed by atoms with Crippen LogP contribution in [-0.4, -0.2) is 24.8 Å². The first-order chi connectivity index (χ1) is 10.6. The summed E-state index contributed by atoms with van der Waals surface area (Å²) >= 11 is 0. The van der Waals surface area contributed by atoms with Crippen LogP contribution in [0.25, 0.3) is 10.9 Å². The molecule has 1 aromatic heterocycles. The molecule has 0 radical (unpaired) electrons. The minimum Gasteiger partial charge on any atom is -0.264 e. The van der Waals surface area contributed by atoms with E-state index in [1.54, 1.807) is 35.1 Å². The Morgan fingerprint density at radius 2 is 1.82 bits per heavy atom. The summed E-state index contributed by atoms with van der Waals surface area (Å²) in [6.07, 6.45) is 1.75. The van der Waals surface area contributed by atoms with Crippen LogP contribution in [0.15, 0.2) is 59.6 Å². The Hall–Kier alpha value is -2.18. The molecule has 0 fully saturated rings. The summed E-state index contributed by atoms with van der Waals surface area (Å²) in [4.78, 5) is 0.170. The van der Waals surface area contributed by atoms with E-state index in [4.69, 9.17) is 4.18 Å². The zero-order valence-corrected chi connectivity index (χ0v) is 13.0. The summed E-state index contributed by atoms with van der Waals surface area (Å²) in [7, 11) is -3.72. The summed E-state index contributed by atoms with van der Waals surface area (Å²) in [5.74, 6) is 0. The van der Waals surface area contributed by atoms with Gasteiger partial charge in [-0.25, -0.2) is 0 Å². The van der Waals surface area contributed by atoms with E-state index in [-0.39, 0.29) is 11.5 Å². The van der Waals surface area contributed by atoms with Crippen molar-refractivity contribution in [3.8, 4) is 0 Å². The molecule has 6 heteroatoms. The molecule has 3 rings (SSSR count). The Kier molecular flexibility index (Phi) is 3.96. The summed E-state index contributed by atoms with van der Waals surface area (Å²) in [5.41, 5.74) is 1.96. The highest BCUT2D eigenvalue weighted by Gasteiger charge is 2.14. The van der Waals surface area contributed by atoms with Gasteiger partial charge in [-0.05, 0) is 25.1 Å². The van der Waals surface area contributed by atoms with Crippen LogP contribution in [0.4, 0.5) is 0 Å². The first kappa shape index (κ1) is 14.7. The number of hydrogen-bond acceptors (Lipinski definition) is 4. The molecule has 0 N–H and O–H groups in total. The molecule has 0 saturated heterocycles. The van der Waals surface area contributed by atoms with E-state index in [1.165, 1.54) is 0 Å². The predicted octanol–water partition coefficient (Wildman–Crippen LogP) is 2.75. The number of fused-ring (bicyclic) bond motifs is 1. The second-order valence-corrected chi connectivity index (χ2v) is 6.63. The molecular formula is C16H16N2O3S. The molecule has 0 amide bonds. The van der Waals surface area contributed by atoms with Crippen molar-refractivity contribution in [2.75, 3.05) is 6.61 Å². The summed E-state index contributed by atoms with van der Waals surface area (Å²) in [6, 6.07) is 14.4. The van der Waals surface area contributed by atoms with Crippen molar-refractivity contribution in [1.82, 2.24) is 9.78 Å². The van der Waals surface area contributed by atoms with Crippen LogP contribution >= 0.6 is 0 Å². The van der Waals surface area contributed by atoms with Crippen molar-refractivity contribution < 1.29 is 12.6 Å². The van der Waals surface area contributed by atoms with Crippen LogP contribution in [-0.2, 0) is 20.8 Å². The lowest BCUT2D eigenvalue weighted by Gasteiger charge is -2.07. The van der Waals surface area contributed by atoms with Crippen molar-refractivity contribution in [3.63, 3.8) is 0 Å². The molecule has 0 bridgehead atoms. The first-order valence-corrected chi connectivity index (χ1v) is 8.34. The monoisotopic (exact) mass is 316 g/mol. The minimum atomic E-state index is -3.72. The lowest BCUT2D eigenvalue weighted by atomic mass is 10.2. The Balaban J connectivity index is 1.68. The number of rotatable bonds is 5.